The van der Waals surface area contributed by atoms with Gasteiger partial charge in [-0.3, -0.25) is 4.79 Å². The van der Waals surface area contributed by atoms with E-state index in [9.17, 15) is 26.0 Å². The molecule has 2 N–H and O–H groups in total. The highest BCUT2D eigenvalue weighted by atomic mass is 32.2. The predicted octanol–water partition coefficient (Wildman–Crippen LogP) is -0.160. The van der Waals surface area contributed by atoms with Gasteiger partial charge in [0.25, 0.3) is 0 Å². The number of benzene rings is 1. The fourth-order valence-electron chi connectivity index (χ4n) is 1.54. The van der Waals surface area contributed by atoms with Gasteiger partial charge in [0.2, 0.25) is 20.0 Å². The van der Waals surface area contributed by atoms with Crippen LogP contribution in [0, 0.1) is 5.82 Å². The van der Waals surface area contributed by atoms with E-state index in [0.29, 0.717) is 0 Å². The van der Waals surface area contributed by atoms with Crippen LogP contribution in [0.1, 0.15) is 6.42 Å². The number of halogens is 1. The lowest BCUT2D eigenvalue weighted by atomic mass is 10.4. The standard InChI is InChI=1S/C12H17FN2O6S2/c1-15(8-9-22(18,19)14-7-6-12(16)17)23(20,21)11-4-2-10(13)3-5-11/h2-5,14H,6-9H2,1H3,(H,16,17). The fraction of sp³-hybridized carbons (Fsp3) is 0.417. The van der Waals surface area contributed by atoms with Gasteiger partial charge in [0, 0.05) is 20.1 Å². The molecule has 0 spiro atoms. The molecule has 0 radical (unpaired) electrons. The van der Waals surface area contributed by atoms with Gasteiger partial charge < -0.3 is 5.11 Å². The number of carbonyl (C=O) groups is 1. The third-order valence-corrected chi connectivity index (χ3v) is 6.09. The minimum Gasteiger partial charge on any atom is -0.481 e. The summed E-state index contributed by atoms with van der Waals surface area (Å²) < 4.78 is 63.4. The topological polar surface area (TPSA) is 121 Å². The smallest absolute Gasteiger partial charge is 0.304 e. The van der Waals surface area contributed by atoms with E-state index in [1.807, 2.05) is 0 Å². The lowest BCUT2D eigenvalue weighted by Gasteiger charge is -2.17. The second-order valence-electron chi connectivity index (χ2n) is 4.64. The highest BCUT2D eigenvalue weighted by Crippen LogP contribution is 2.14. The van der Waals surface area contributed by atoms with E-state index in [0.717, 1.165) is 28.6 Å². The molecule has 0 saturated heterocycles. The molecule has 0 bridgehead atoms. The van der Waals surface area contributed by atoms with Crippen LogP contribution in [0.3, 0.4) is 0 Å². The van der Waals surface area contributed by atoms with E-state index >= 15 is 0 Å². The van der Waals surface area contributed by atoms with E-state index in [2.05, 4.69) is 4.72 Å². The van der Waals surface area contributed by atoms with Crippen LogP contribution in [0.5, 0.6) is 0 Å². The Balaban J connectivity index is 2.66. The number of aliphatic carboxylic acids is 1. The van der Waals surface area contributed by atoms with E-state index in [-0.39, 0.29) is 24.4 Å². The van der Waals surface area contributed by atoms with Crippen molar-refractivity contribution in [3.63, 3.8) is 0 Å². The van der Waals surface area contributed by atoms with Crippen LogP contribution in [0.2, 0.25) is 0 Å². The maximum atomic E-state index is 12.8. The van der Waals surface area contributed by atoms with Crippen molar-refractivity contribution in [2.45, 2.75) is 11.3 Å². The van der Waals surface area contributed by atoms with Crippen LogP contribution < -0.4 is 4.72 Å². The van der Waals surface area contributed by atoms with E-state index in [4.69, 9.17) is 5.11 Å². The zero-order valence-corrected chi connectivity index (χ0v) is 13.9. The Morgan fingerprint density at radius 2 is 1.78 bits per heavy atom. The van der Waals surface area contributed by atoms with E-state index < -0.39 is 37.6 Å². The number of hydrogen-bond acceptors (Lipinski definition) is 5. The first-order valence-corrected chi connectivity index (χ1v) is 9.55. The maximum Gasteiger partial charge on any atom is 0.304 e. The summed E-state index contributed by atoms with van der Waals surface area (Å²) in [7, 11) is -6.53. The third-order valence-electron chi connectivity index (χ3n) is 2.86. The molecule has 0 atom stereocenters. The molecule has 11 heteroatoms. The van der Waals surface area contributed by atoms with Gasteiger partial charge in [-0.05, 0) is 24.3 Å². The quantitative estimate of drug-likeness (QED) is 0.625. The monoisotopic (exact) mass is 368 g/mol. The van der Waals surface area contributed by atoms with Crippen LogP contribution in [-0.4, -0.2) is 58.1 Å². The summed E-state index contributed by atoms with van der Waals surface area (Å²) in [5.74, 6) is -2.26. The van der Waals surface area contributed by atoms with Crippen molar-refractivity contribution in [2.24, 2.45) is 0 Å². The van der Waals surface area contributed by atoms with Gasteiger partial charge >= 0.3 is 5.97 Å². The number of nitrogens with one attached hydrogen (secondary N) is 1. The van der Waals surface area contributed by atoms with Gasteiger partial charge in [-0.25, -0.2) is 25.9 Å². The van der Waals surface area contributed by atoms with Crippen LogP contribution in [0.15, 0.2) is 29.2 Å². The Hall–Kier alpha value is -1.56. The molecule has 1 aromatic carbocycles. The van der Waals surface area contributed by atoms with Crippen molar-refractivity contribution >= 4 is 26.0 Å². The first kappa shape index (κ1) is 19.5. The summed E-state index contributed by atoms with van der Waals surface area (Å²) in [4.78, 5) is 10.2. The van der Waals surface area contributed by atoms with Crippen molar-refractivity contribution in [3.8, 4) is 0 Å². The summed E-state index contributed by atoms with van der Waals surface area (Å²) in [5, 5.41) is 8.43. The predicted molar refractivity (Wildman–Crippen MR) is 80.3 cm³/mol. The summed E-state index contributed by atoms with van der Waals surface area (Å²) in [6.45, 7) is -0.603. The molecular weight excluding hydrogens is 351 g/mol. The number of rotatable bonds is 9. The van der Waals surface area contributed by atoms with Crippen molar-refractivity contribution in [1.82, 2.24) is 9.03 Å². The molecule has 130 valence electrons. The second kappa shape index (κ2) is 7.81. The number of nitrogens with zero attached hydrogens (tertiary/aromatic N) is 1. The maximum absolute atomic E-state index is 12.8. The Kier molecular flexibility index (Phi) is 6.62. The zero-order valence-electron chi connectivity index (χ0n) is 12.3. The summed E-state index contributed by atoms with van der Waals surface area (Å²) in [5.41, 5.74) is 0. The molecule has 23 heavy (non-hydrogen) atoms. The molecule has 0 saturated carbocycles. The number of sulfonamides is 2. The molecule has 0 unspecified atom stereocenters. The molecule has 1 aromatic rings. The first-order chi connectivity index (χ1) is 10.5. The van der Waals surface area contributed by atoms with Gasteiger partial charge in [-0.15, -0.1) is 0 Å². The van der Waals surface area contributed by atoms with Gasteiger partial charge in [-0.1, -0.05) is 0 Å². The highest BCUT2D eigenvalue weighted by molar-refractivity contribution is 7.90. The van der Waals surface area contributed by atoms with Crippen LogP contribution in [-0.2, 0) is 24.8 Å². The molecule has 0 aliphatic heterocycles. The molecule has 0 fully saturated rings. The van der Waals surface area contributed by atoms with Gasteiger partial charge in [0.1, 0.15) is 5.82 Å². The fourth-order valence-corrected chi connectivity index (χ4v) is 3.90. The number of carboxylic acid groups (broad SMARTS) is 1. The van der Waals surface area contributed by atoms with Crippen molar-refractivity contribution in [3.05, 3.63) is 30.1 Å². The highest BCUT2D eigenvalue weighted by Gasteiger charge is 2.22. The lowest BCUT2D eigenvalue weighted by molar-refractivity contribution is -0.136. The molecule has 0 amide bonds. The minimum atomic E-state index is -3.93. The minimum absolute atomic E-state index is 0.155. The van der Waals surface area contributed by atoms with Gasteiger partial charge in [0.15, 0.2) is 0 Å². The molecular formula is C12H17FN2O6S2. The Labute approximate surface area is 134 Å². The summed E-state index contributed by atoms with van der Waals surface area (Å²) in [6.07, 6.45) is -0.372. The SMILES string of the molecule is CN(CCS(=O)(=O)NCCC(=O)O)S(=O)(=O)c1ccc(F)cc1. The van der Waals surface area contributed by atoms with Gasteiger partial charge in [-0.2, -0.15) is 4.31 Å². The van der Waals surface area contributed by atoms with Gasteiger partial charge in [0.05, 0.1) is 17.1 Å². The average molecular weight is 368 g/mol. The number of hydrogen-bond donors (Lipinski definition) is 2. The summed E-state index contributed by atoms with van der Waals surface area (Å²) in [6, 6.07) is 4.15. The third kappa shape index (κ3) is 6.22. The molecule has 0 aliphatic rings. The number of carboxylic acids is 1. The zero-order chi connectivity index (χ0) is 17.7. The van der Waals surface area contributed by atoms with E-state index in [1.165, 1.54) is 7.05 Å². The van der Waals surface area contributed by atoms with Crippen molar-refractivity contribution in [2.75, 3.05) is 25.9 Å². The van der Waals surface area contributed by atoms with Crippen molar-refractivity contribution < 1.29 is 31.1 Å². The molecule has 1 rings (SSSR count). The Bertz CT molecular complexity index is 746. The van der Waals surface area contributed by atoms with Crippen LogP contribution >= 0.6 is 0 Å². The largest absolute Gasteiger partial charge is 0.481 e. The van der Waals surface area contributed by atoms with Crippen LogP contribution in [0.4, 0.5) is 4.39 Å². The Morgan fingerprint density at radius 3 is 2.30 bits per heavy atom. The lowest BCUT2D eigenvalue weighted by Crippen LogP contribution is -2.36. The van der Waals surface area contributed by atoms with Crippen molar-refractivity contribution in [1.29, 1.82) is 0 Å². The molecule has 0 heterocycles. The van der Waals surface area contributed by atoms with Crippen LogP contribution in [0.25, 0.3) is 0 Å². The summed E-state index contributed by atoms with van der Waals surface area (Å²) >= 11 is 0. The molecule has 0 aromatic heterocycles. The second-order valence-corrected chi connectivity index (χ2v) is 8.61. The molecule has 0 aliphatic carbocycles. The van der Waals surface area contributed by atoms with E-state index in [1.54, 1.807) is 0 Å². The normalized spacial score (nSPS) is 12.5. The Morgan fingerprint density at radius 1 is 1.22 bits per heavy atom. The molecule has 8 nitrogen and oxygen atoms in total. The first-order valence-electron chi connectivity index (χ1n) is 6.45. The average Bonchev–Trinajstić information content (AvgIpc) is 2.44.